The van der Waals surface area contributed by atoms with Crippen molar-refractivity contribution in [2.45, 2.75) is 27.3 Å². The number of hydrogen-bond donors (Lipinski definition) is 2. The Balaban J connectivity index is 1.57. The fourth-order valence-electron chi connectivity index (χ4n) is 3.15. The summed E-state index contributed by atoms with van der Waals surface area (Å²) in [4.78, 5) is 12.3. The molecule has 0 fully saturated rings. The van der Waals surface area contributed by atoms with Gasteiger partial charge in [0.05, 0.1) is 13.2 Å². The van der Waals surface area contributed by atoms with E-state index in [9.17, 15) is 4.79 Å². The minimum atomic E-state index is -0.223. The third kappa shape index (κ3) is 6.94. The highest BCUT2D eigenvalue weighted by Gasteiger charge is 2.10. The average molecular weight is 435 g/mol. The third-order valence-electron chi connectivity index (χ3n) is 4.63. The summed E-state index contributed by atoms with van der Waals surface area (Å²) in [6, 6.07) is 21.2. The van der Waals surface area contributed by atoms with Gasteiger partial charge in [-0.15, -0.1) is 0 Å². The maximum Gasteiger partial charge on any atom is 0.262 e. The van der Waals surface area contributed by atoms with Crippen LogP contribution in [-0.2, 0) is 11.3 Å². The summed E-state index contributed by atoms with van der Waals surface area (Å²) < 4.78 is 16.9. The number of hydrogen-bond acceptors (Lipinski definition) is 5. The van der Waals surface area contributed by atoms with Gasteiger partial charge in [0, 0.05) is 17.9 Å². The van der Waals surface area contributed by atoms with Crippen LogP contribution in [0.1, 0.15) is 25.0 Å². The van der Waals surface area contributed by atoms with Crippen molar-refractivity contribution < 1.29 is 19.0 Å². The summed E-state index contributed by atoms with van der Waals surface area (Å²) in [6.07, 6.45) is 0. The van der Waals surface area contributed by atoms with Crippen LogP contribution in [0, 0.1) is 6.92 Å². The van der Waals surface area contributed by atoms with Gasteiger partial charge in [0.2, 0.25) is 0 Å². The molecule has 0 atom stereocenters. The van der Waals surface area contributed by atoms with Gasteiger partial charge in [-0.3, -0.25) is 4.79 Å². The van der Waals surface area contributed by atoms with E-state index in [2.05, 4.69) is 10.6 Å². The summed E-state index contributed by atoms with van der Waals surface area (Å²) in [7, 11) is 0. The highest BCUT2D eigenvalue weighted by molar-refractivity contribution is 5.92. The first-order valence-electron chi connectivity index (χ1n) is 10.8. The Labute approximate surface area is 189 Å². The van der Waals surface area contributed by atoms with Gasteiger partial charge in [0.1, 0.15) is 5.75 Å². The number of ether oxygens (including phenoxy) is 3. The van der Waals surface area contributed by atoms with Crippen molar-refractivity contribution in [3.05, 3.63) is 77.9 Å². The molecule has 0 aliphatic heterocycles. The van der Waals surface area contributed by atoms with E-state index in [1.165, 1.54) is 0 Å². The van der Waals surface area contributed by atoms with Crippen LogP contribution in [0.2, 0.25) is 0 Å². The zero-order valence-corrected chi connectivity index (χ0v) is 18.8. The first-order chi connectivity index (χ1) is 15.6. The van der Waals surface area contributed by atoms with Crippen LogP contribution in [-0.4, -0.2) is 25.7 Å². The van der Waals surface area contributed by atoms with Crippen molar-refractivity contribution >= 4 is 17.3 Å². The molecule has 3 rings (SSSR count). The minimum absolute atomic E-state index is 0.0994. The van der Waals surface area contributed by atoms with Crippen LogP contribution < -0.4 is 24.8 Å². The molecule has 0 aromatic heterocycles. The Bertz CT molecular complexity index is 1020. The molecule has 0 unspecified atom stereocenters. The Hall–Kier alpha value is -3.67. The number of carbonyl (C=O) groups is 1. The molecule has 0 saturated carbocycles. The monoisotopic (exact) mass is 434 g/mol. The lowest BCUT2D eigenvalue weighted by Crippen LogP contribution is -2.20. The Kier molecular flexibility index (Phi) is 8.37. The molecule has 0 bridgehead atoms. The van der Waals surface area contributed by atoms with Gasteiger partial charge >= 0.3 is 0 Å². The summed E-state index contributed by atoms with van der Waals surface area (Å²) in [6.45, 7) is 7.54. The number of amides is 1. The molecule has 32 heavy (non-hydrogen) atoms. The lowest BCUT2D eigenvalue weighted by molar-refractivity contribution is -0.118. The highest BCUT2D eigenvalue weighted by atomic mass is 16.5. The topological polar surface area (TPSA) is 68.8 Å². The Morgan fingerprint density at radius 2 is 1.59 bits per heavy atom. The first-order valence-corrected chi connectivity index (χ1v) is 10.8. The van der Waals surface area contributed by atoms with Crippen molar-refractivity contribution in [3.8, 4) is 17.2 Å². The Morgan fingerprint density at radius 3 is 2.31 bits per heavy atom. The molecule has 0 aliphatic carbocycles. The number of rotatable bonds is 11. The lowest BCUT2D eigenvalue weighted by atomic mass is 10.2. The number of aryl methyl sites for hydroxylation is 1. The van der Waals surface area contributed by atoms with E-state index in [4.69, 9.17) is 14.2 Å². The minimum Gasteiger partial charge on any atom is -0.494 e. The predicted octanol–water partition coefficient (Wildman–Crippen LogP) is 5.42. The second-order valence-electron chi connectivity index (χ2n) is 7.23. The van der Waals surface area contributed by atoms with E-state index in [-0.39, 0.29) is 12.5 Å². The molecular formula is C26H30N2O4. The van der Waals surface area contributed by atoms with Crippen LogP contribution >= 0.6 is 0 Å². The maximum atomic E-state index is 12.3. The number of anilines is 2. The van der Waals surface area contributed by atoms with Gasteiger partial charge in [0.25, 0.3) is 5.91 Å². The third-order valence-corrected chi connectivity index (χ3v) is 4.63. The van der Waals surface area contributed by atoms with Crippen LogP contribution in [0.4, 0.5) is 11.4 Å². The SMILES string of the molecule is CCOc1ccc(NCc2ccc(OCC(=O)Nc3cccc(C)c3)c(OCC)c2)cc1. The summed E-state index contributed by atoms with van der Waals surface area (Å²) in [5.41, 5.74) is 3.87. The molecule has 1 amide bonds. The fourth-order valence-corrected chi connectivity index (χ4v) is 3.15. The maximum absolute atomic E-state index is 12.3. The standard InChI is InChI=1S/C26H30N2O4/c1-4-30-23-12-10-21(11-13-23)27-17-20-9-14-24(25(16-20)31-5-2)32-18-26(29)28-22-8-6-7-19(3)15-22/h6-16,27H,4-5,17-18H2,1-3H3,(H,28,29). The van der Waals surface area contributed by atoms with E-state index < -0.39 is 0 Å². The first kappa shape index (κ1) is 23.0. The number of nitrogens with one attached hydrogen (secondary N) is 2. The van der Waals surface area contributed by atoms with Gasteiger partial charge in [-0.2, -0.15) is 0 Å². The van der Waals surface area contributed by atoms with Crippen molar-refractivity contribution in [2.75, 3.05) is 30.5 Å². The normalized spacial score (nSPS) is 10.3. The zero-order chi connectivity index (χ0) is 22.8. The molecule has 2 N–H and O–H groups in total. The molecule has 168 valence electrons. The zero-order valence-electron chi connectivity index (χ0n) is 18.8. The van der Waals surface area contributed by atoms with Gasteiger partial charge in [-0.05, 0) is 80.4 Å². The molecule has 0 aliphatic rings. The van der Waals surface area contributed by atoms with Gasteiger partial charge < -0.3 is 24.8 Å². The second-order valence-corrected chi connectivity index (χ2v) is 7.23. The van der Waals surface area contributed by atoms with Gasteiger partial charge in [0.15, 0.2) is 18.1 Å². The second kappa shape index (κ2) is 11.6. The molecule has 0 spiro atoms. The van der Waals surface area contributed by atoms with Crippen LogP contribution in [0.15, 0.2) is 66.7 Å². The highest BCUT2D eigenvalue weighted by Crippen LogP contribution is 2.29. The van der Waals surface area contributed by atoms with Gasteiger partial charge in [-0.1, -0.05) is 18.2 Å². The van der Waals surface area contributed by atoms with Crippen molar-refractivity contribution in [3.63, 3.8) is 0 Å². The van der Waals surface area contributed by atoms with Gasteiger partial charge in [-0.25, -0.2) is 0 Å². The molecule has 6 nitrogen and oxygen atoms in total. The van der Waals surface area contributed by atoms with Crippen molar-refractivity contribution in [2.24, 2.45) is 0 Å². The fraction of sp³-hybridized carbons (Fsp3) is 0.269. The van der Waals surface area contributed by atoms with Crippen LogP contribution in [0.5, 0.6) is 17.2 Å². The van der Waals surface area contributed by atoms with Crippen LogP contribution in [0.3, 0.4) is 0 Å². The molecule has 0 radical (unpaired) electrons. The molecule has 6 heteroatoms. The summed E-state index contributed by atoms with van der Waals surface area (Å²) in [5.74, 6) is 1.78. The van der Waals surface area contributed by atoms with E-state index in [1.807, 2.05) is 87.5 Å². The lowest BCUT2D eigenvalue weighted by Gasteiger charge is -2.14. The van der Waals surface area contributed by atoms with E-state index in [1.54, 1.807) is 0 Å². The van der Waals surface area contributed by atoms with Crippen LogP contribution in [0.25, 0.3) is 0 Å². The number of carbonyl (C=O) groups excluding carboxylic acids is 1. The molecular weight excluding hydrogens is 404 g/mol. The molecule has 3 aromatic carbocycles. The quantitative estimate of drug-likeness (QED) is 0.422. The average Bonchev–Trinajstić information content (AvgIpc) is 2.78. The van der Waals surface area contributed by atoms with E-state index in [0.29, 0.717) is 31.3 Å². The van der Waals surface area contributed by atoms with Crippen molar-refractivity contribution in [1.29, 1.82) is 0 Å². The molecule has 3 aromatic rings. The predicted molar refractivity (Wildman–Crippen MR) is 128 cm³/mol. The Morgan fingerprint density at radius 1 is 0.812 bits per heavy atom. The molecule has 0 saturated heterocycles. The summed E-state index contributed by atoms with van der Waals surface area (Å²) >= 11 is 0. The molecule has 0 heterocycles. The number of benzene rings is 3. The smallest absolute Gasteiger partial charge is 0.262 e. The summed E-state index contributed by atoms with van der Waals surface area (Å²) in [5, 5.41) is 6.23. The largest absolute Gasteiger partial charge is 0.494 e. The van der Waals surface area contributed by atoms with E-state index >= 15 is 0 Å². The van der Waals surface area contributed by atoms with Crippen molar-refractivity contribution in [1.82, 2.24) is 0 Å². The van der Waals surface area contributed by atoms with E-state index in [0.717, 1.165) is 28.3 Å².